The fourth-order valence-corrected chi connectivity index (χ4v) is 2.69. The van der Waals surface area contributed by atoms with E-state index in [4.69, 9.17) is 14.2 Å². The van der Waals surface area contributed by atoms with Gasteiger partial charge in [-0.15, -0.1) is 11.8 Å². The number of ether oxygens (including phenoxy) is 3. The van der Waals surface area contributed by atoms with Gasteiger partial charge in [0.05, 0.1) is 26.5 Å². The number of nitrogens with one attached hydrogen (secondary N) is 1. The molecule has 1 N–H and O–H groups in total. The van der Waals surface area contributed by atoms with E-state index in [1.807, 2.05) is 48.5 Å². The van der Waals surface area contributed by atoms with Gasteiger partial charge in [0.25, 0.3) is 0 Å². The van der Waals surface area contributed by atoms with E-state index in [1.165, 1.54) is 11.8 Å². The van der Waals surface area contributed by atoms with E-state index in [1.54, 1.807) is 14.2 Å². The van der Waals surface area contributed by atoms with Crippen molar-refractivity contribution < 1.29 is 19.0 Å². The lowest BCUT2D eigenvalue weighted by molar-refractivity contribution is -0.118. The van der Waals surface area contributed by atoms with E-state index in [2.05, 4.69) is 5.32 Å². The molecule has 0 saturated heterocycles. The normalized spacial score (nSPS) is 10.1. The molecular weight excluding hydrogens is 326 g/mol. The minimum atomic E-state index is -0.0283. The fourth-order valence-electron chi connectivity index (χ4n) is 1.96. The molecule has 24 heavy (non-hydrogen) atoms. The van der Waals surface area contributed by atoms with Gasteiger partial charge in [-0.3, -0.25) is 4.79 Å². The van der Waals surface area contributed by atoms with Crippen molar-refractivity contribution in [1.82, 2.24) is 5.32 Å². The van der Waals surface area contributed by atoms with E-state index in [9.17, 15) is 4.79 Å². The average Bonchev–Trinajstić information content (AvgIpc) is 2.64. The molecule has 6 heteroatoms. The van der Waals surface area contributed by atoms with Gasteiger partial charge in [-0.25, -0.2) is 0 Å². The van der Waals surface area contributed by atoms with Gasteiger partial charge in [0.2, 0.25) is 5.91 Å². The predicted octanol–water partition coefficient (Wildman–Crippen LogP) is 2.99. The standard InChI is InChI=1S/C18H21NO4S/c1-21-14-7-9-15(10-8-14)24-13-18(20)19-11-12-23-17-6-4-3-5-16(17)22-2/h3-10H,11-13H2,1-2H3,(H,19,20). The summed E-state index contributed by atoms with van der Waals surface area (Å²) in [5.41, 5.74) is 0. The van der Waals surface area contributed by atoms with Gasteiger partial charge in [-0.05, 0) is 36.4 Å². The van der Waals surface area contributed by atoms with Crippen LogP contribution in [-0.4, -0.2) is 39.0 Å². The molecule has 0 aliphatic heterocycles. The Balaban J connectivity index is 1.66. The Labute approximate surface area is 146 Å². The first kappa shape index (κ1) is 18.0. The first-order valence-electron chi connectivity index (χ1n) is 7.52. The number of carbonyl (C=O) groups is 1. The molecular formula is C18H21NO4S. The largest absolute Gasteiger partial charge is 0.497 e. The Morgan fingerprint density at radius 3 is 2.38 bits per heavy atom. The molecule has 0 aliphatic carbocycles. The third kappa shape index (κ3) is 5.70. The molecule has 0 saturated carbocycles. The van der Waals surface area contributed by atoms with Gasteiger partial charge in [-0.2, -0.15) is 0 Å². The van der Waals surface area contributed by atoms with Crippen LogP contribution < -0.4 is 19.5 Å². The molecule has 0 atom stereocenters. The highest BCUT2D eigenvalue weighted by Crippen LogP contribution is 2.25. The van der Waals surface area contributed by atoms with Crippen LogP contribution in [0.5, 0.6) is 17.2 Å². The predicted molar refractivity (Wildman–Crippen MR) is 95.2 cm³/mol. The number of hydrogen-bond donors (Lipinski definition) is 1. The highest BCUT2D eigenvalue weighted by atomic mass is 32.2. The van der Waals surface area contributed by atoms with Crippen LogP contribution in [0.2, 0.25) is 0 Å². The summed E-state index contributed by atoms with van der Waals surface area (Å²) in [7, 11) is 3.23. The summed E-state index contributed by atoms with van der Waals surface area (Å²) in [4.78, 5) is 12.9. The third-order valence-electron chi connectivity index (χ3n) is 3.18. The topological polar surface area (TPSA) is 56.8 Å². The molecule has 0 fully saturated rings. The van der Waals surface area contributed by atoms with Crippen LogP contribution in [0.4, 0.5) is 0 Å². The van der Waals surface area contributed by atoms with Gasteiger partial charge < -0.3 is 19.5 Å². The molecule has 1 amide bonds. The molecule has 128 valence electrons. The number of para-hydroxylation sites is 2. The van der Waals surface area contributed by atoms with E-state index < -0.39 is 0 Å². The highest BCUT2D eigenvalue weighted by Gasteiger charge is 2.05. The maximum Gasteiger partial charge on any atom is 0.230 e. The number of hydrogen-bond acceptors (Lipinski definition) is 5. The van der Waals surface area contributed by atoms with Crippen molar-refractivity contribution in [2.75, 3.05) is 33.1 Å². The maximum atomic E-state index is 11.8. The number of benzene rings is 2. The van der Waals surface area contributed by atoms with Crippen molar-refractivity contribution in [1.29, 1.82) is 0 Å². The lowest BCUT2D eigenvalue weighted by atomic mass is 10.3. The first-order chi connectivity index (χ1) is 11.7. The minimum absolute atomic E-state index is 0.0283. The molecule has 0 aliphatic rings. The molecule has 0 bridgehead atoms. The summed E-state index contributed by atoms with van der Waals surface area (Å²) in [6.45, 7) is 0.833. The van der Waals surface area contributed by atoms with Gasteiger partial charge in [0.1, 0.15) is 12.4 Å². The second-order valence-corrected chi connectivity index (χ2v) is 5.86. The first-order valence-corrected chi connectivity index (χ1v) is 8.51. The Bertz CT molecular complexity index is 646. The van der Waals surface area contributed by atoms with Crippen molar-refractivity contribution in [2.24, 2.45) is 0 Å². The van der Waals surface area contributed by atoms with E-state index in [-0.39, 0.29) is 5.91 Å². The smallest absolute Gasteiger partial charge is 0.230 e. The summed E-state index contributed by atoms with van der Waals surface area (Å²) in [6, 6.07) is 15.0. The van der Waals surface area contributed by atoms with Crippen LogP contribution in [0.3, 0.4) is 0 Å². The van der Waals surface area contributed by atoms with Gasteiger partial charge in [0.15, 0.2) is 11.5 Å². The Morgan fingerprint density at radius 1 is 1.00 bits per heavy atom. The molecule has 2 aromatic carbocycles. The van der Waals surface area contributed by atoms with Crippen LogP contribution in [0.25, 0.3) is 0 Å². The van der Waals surface area contributed by atoms with Crippen molar-refractivity contribution >= 4 is 17.7 Å². The van der Waals surface area contributed by atoms with Crippen LogP contribution in [0.15, 0.2) is 53.4 Å². The Hall–Kier alpha value is -2.34. The molecule has 0 unspecified atom stereocenters. The van der Waals surface area contributed by atoms with Crippen LogP contribution in [0.1, 0.15) is 0 Å². The summed E-state index contributed by atoms with van der Waals surface area (Å²) in [5.74, 6) is 2.48. The third-order valence-corrected chi connectivity index (χ3v) is 4.19. The molecule has 0 spiro atoms. The van der Waals surface area contributed by atoms with Gasteiger partial charge in [0, 0.05) is 4.90 Å². The highest BCUT2D eigenvalue weighted by molar-refractivity contribution is 8.00. The number of thioether (sulfide) groups is 1. The van der Waals surface area contributed by atoms with Crippen LogP contribution >= 0.6 is 11.8 Å². The SMILES string of the molecule is COc1ccc(SCC(=O)NCCOc2ccccc2OC)cc1. The van der Waals surface area contributed by atoms with Crippen molar-refractivity contribution in [3.63, 3.8) is 0 Å². The number of methoxy groups -OCH3 is 2. The molecule has 0 heterocycles. The molecule has 0 aromatic heterocycles. The number of amides is 1. The monoisotopic (exact) mass is 347 g/mol. The summed E-state index contributed by atoms with van der Waals surface area (Å²) >= 11 is 1.48. The molecule has 2 aromatic rings. The molecule has 2 rings (SSSR count). The van der Waals surface area contributed by atoms with Crippen molar-refractivity contribution in [2.45, 2.75) is 4.90 Å². The second kappa shape index (κ2) is 9.72. The summed E-state index contributed by atoms with van der Waals surface area (Å²) < 4.78 is 15.9. The number of rotatable bonds is 9. The van der Waals surface area contributed by atoms with Gasteiger partial charge >= 0.3 is 0 Å². The lowest BCUT2D eigenvalue weighted by Crippen LogP contribution is -2.29. The quantitative estimate of drug-likeness (QED) is 0.558. The second-order valence-electron chi connectivity index (χ2n) is 4.81. The van der Waals surface area contributed by atoms with Crippen molar-refractivity contribution in [3.05, 3.63) is 48.5 Å². The minimum Gasteiger partial charge on any atom is -0.497 e. The van der Waals surface area contributed by atoms with E-state index in [0.717, 1.165) is 10.6 Å². The van der Waals surface area contributed by atoms with Crippen LogP contribution in [0, 0.1) is 0 Å². The summed E-state index contributed by atoms with van der Waals surface area (Å²) in [6.07, 6.45) is 0. The average molecular weight is 347 g/mol. The van der Waals surface area contributed by atoms with Crippen LogP contribution in [-0.2, 0) is 4.79 Å². The van der Waals surface area contributed by atoms with E-state index >= 15 is 0 Å². The number of carbonyl (C=O) groups excluding carboxylic acids is 1. The Morgan fingerprint density at radius 2 is 1.71 bits per heavy atom. The maximum absolute atomic E-state index is 11.8. The molecule has 5 nitrogen and oxygen atoms in total. The Kier molecular flexibility index (Phi) is 7.29. The van der Waals surface area contributed by atoms with E-state index in [0.29, 0.717) is 30.4 Å². The fraction of sp³-hybridized carbons (Fsp3) is 0.278. The molecule has 0 radical (unpaired) electrons. The zero-order chi connectivity index (χ0) is 17.2. The zero-order valence-electron chi connectivity index (χ0n) is 13.8. The zero-order valence-corrected chi connectivity index (χ0v) is 14.6. The summed E-state index contributed by atoms with van der Waals surface area (Å²) in [5, 5.41) is 2.83. The lowest BCUT2D eigenvalue weighted by Gasteiger charge is -2.10. The van der Waals surface area contributed by atoms with Gasteiger partial charge in [-0.1, -0.05) is 12.1 Å². The van der Waals surface area contributed by atoms with Crippen molar-refractivity contribution in [3.8, 4) is 17.2 Å².